The average Bonchev–Trinajstić information content (AvgIpc) is 2.47. The second-order valence-corrected chi connectivity index (χ2v) is 6.52. The lowest BCUT2D eigenvalue weighted by Gasteiger charge is -2.45. The third kappa shape index (κ3) is 4.43. The molecule has 1 aliphatic heterocycles. The Morgan fingerprint density at radius 3 is 2.71 bits per heavy atom. The summed E-state index contributed by atoms with van der Waals surface area (Å²) >= 11 is 0. The number of nitrogens with zero attached hydrogens (tertiary/aromatic N) is 2. The molecule has 1 saturated heterocycles. The van der Waals surface area contributed by atoms with Gasteiger partial charge in [-0.25, -0.2) is 0 Å². The van der Waals surface area contributed by atoms with Crippen LogP contribution in [0.3, 0.4) is 0 Å². The molecule has 0 bridgehead atoms. The van der Waals surface area contributed by atoms with Crippen LogP contribution in [0.2, 0.25) is 0 Å². The maximum atomic E-state index is 5.88. The minimum absolute atomic E-state index is 0.269. The first kappa shape index (κ1) is 16.3. The Morgan fingerprint density at radius 1 is 1.24 bits per heavy atom. The molecule has 1 fully saturated rings. The van der Waals surface area contributed by atoms with E-state index in [0.29, 0.717) is 6.54 Å². The third-order valence-electron chi connectivity index (χ3n) is 4.46. The molecule has 0 radical (unpaired) electrons. The highest BCUT2D eigenvalue weighted by Crippen LogP contribution is 2.19. The van der Waals surface area contributed by atoms with Crippen LogP contribution in [0.1, 0.15) is 25.8 Å². The summed E-state index contributed by atoms with van der Waals surface area (Å²) in [4.78, 5) is 4.98. The highest BCUT2D eigenvalue weighted by molar-refractivity contribution is 5.32. The quantitative estimate of drug-likeness (QED) is 0.813. The van der Waals surface area contributed by atoms with Crippen LogP contribution in [0.15, 0.2) is 24.3 Å². The van der Waals surface area contributed by atoms with Crippen LogP contribution in [0.25, 0.3) is 0 Å². The number of hydrogen-bond donors (Lipinski definition) is 1. The molecule has 0 amide bonds. The predicted octanol–water partition coefficient (Wildman–Crippen LogP) is 1.94. The Hall–Kier alpha value is -1.10. The van der Waals surface area contributed by atoms with Crippen molar-refractivity contribution in [3.05, 3.63) is 29.8 Å². The second-order valence-electron chi connectivity index (χ2n) is 6.52. The van der Waals surface area contributed by atoms with Crippen LogP contribution in [0.5, 0.6) is 5.75 Å². The van der Waals surface area contributed by atoms with E-state index in [1.165, 1.54) is 0 Å². The van der Waals surface area contributed by atoms with Gasteiger partial charge >= 0.3 is 0 Å². The van der Waals surface area contributed by atoms with Gasteiger partial charge < -0.3 is 15.4 Å². The first-order chi connectivity index (χ1) is 10.0. The Morgan fingerprint density at radius 2 is 2.00 bits per heavy atom. The molecule has 0 saturated carbocycles. The van der Waals surface area contributed by atoms with Gasteiger partial charge in [0.15, 0.2) is 0 Å². The molecule has 1 heterocycles. The van der Waals surface area contributed by atoms with Crippen LogP contribution in [0.4, 0.5) is 0 Å². The fourth-order valence-corrected chi connectivity index (χ4v) is 2.82. The standard InChI is InChI=1S/C17H29N3O/c1-17(2)14-20(11-10-19(17)3)9-6-12-21-16-8-5-4-7-15(16)13-18/h4-5,7-8H,6,9-14,18H2,1-3H3. The first-order valence-corrected chi connectivity index (χ1v) is 7.87. The van der Waals surface area contributed by atoms with Gasteiger partial charge in [-0.3, -0.25) is 4.90 Å². The van der Waals surface area contributed by atoms with Gasteiger partial charge in [0, 0.05) is 43.8 Å². The smallest absolute Gasteiger partial charge is 0.123 e. The van der Waals surface area contributed by atoms with Gasteiger partial charge in [-0.05, 0) is 33.4 Å². The summed E-state index contributed by atoms with van der Waals surface area (Å²) in [7, 11) is 2.21. The normalized spacial score (nSPS) is 19.6. The van der Waals surface area contributed by atoms with Crippen molar-refractivity contribution in [1.82, 2.24) is 9.80 Å². The number of piperazine rings is 1. The van der Waals surface area contributed by atoms with Crippen LogP contribution in [-0.2, 0) is 6.54 Å². The SMILES string of the molecule is CN1CCN(CCCOc2ccccc2CN)CC1(C)C. The molecule has 4 nitrogen and oxygen atoms in total. The predicted molar refractivity (Wildman–Crippen MR) is 87.6 cm³/mol. The molecule has 0 aliphatic carbocycles. The van der Waals surface area contributed by atoms with E-state index in [2.05, 4.69) is 30.7 Å². The van der Waals surface area contributed by atoms with Gasteiger partial charge in [-0.1, -0.05) is 18.2 Å². The summed E-state index contributed by atoms with van der Waals surface area (Å²) in [6, 6.07) is 8.03. The largest absolute Gasteiger partial charge is 0.493 e. The summed E-state index contributed by atoms with van der Waals surface area (Å²) in [6.45, 7) is 10.4. The van der Waals surface area contributed by atoms with E-state index in [4.69, 9.17) is 10.5 Å². The zero-order valence-corrected chi connectivity index (χ0v) is 13.6. The van der Waals surface area contributed by atoms with E-state index in [-0.39, 0.29) is 5.54 Å². The van der Waals surface area contributed by atoms with E-state index >= 15 is 0 Å². The maximum Gasteiger partial charge on any atom is 0.123 e. The summed E-state index contributed by atoms with van der Waals surface area (Å²) in [6.07, 6.45) is 1.05. The molecule has 1 aliphatic rings. The molecule has 4 heteroatoms. The molecular weight excluding hydrogens is 262 g/mol. The number of ether oxygens (including phenoxy) is 1. The lowest BCUT2D eigenvalue weighted by molar-refractivity contribution is 0.0377. The van der Waals surface area contributed by atoms with Crippen molar-refractivity contribution < 1.29 is 4.74 Å². The molecule has 1 aromatic rings. The van der Waals surface area contributed by atoms with Crippen LogP contribution >= 0.6 is 0 Å². The number of rotatable bonds is 6. The van der Waals surface area contributed by atoms with Crippen molar-refractivity contribution in [2.45, 2.75) is 32.4 Å². The minimum Gasteiger partial charge on any atom is -0.493 e. The molecule has 1 aromatic carbocycles. The first-order valence-electron chi connectivity index (χ1n) is 7.87. The summed E-state index contributed by atoms with van der Waals surface area (Å²) in [5.74, 6) is 0.929. The lowest BCUT2D eigenvalue weighted by atomic mass is 10.00. The van der Waals surface area contributed by atoms with Crippen LogP contribution in [-0.4, -0.2) is 55.2 Å². The number of para-hydroxylation sites is 1. The van der Waals surface area contributed by atoms with Crippen LogP contribution < -0.4 is 10.5 Å². The molecule has 0 aromatic heterocycles. The fraction of sp³-hybridized carbons (Fsp3) is 0.647. The van der Waals surface area contributed by atoms with E-state index < -0.39 is 0 Å². The zero-order chi connectivity index (χ0) is 15.3. The second kappa shape index (κ2) is 7.25. The zero-order valence-electron chi connectivity index (χ0n) is 13.6. The number of nitrogens with two attached hydrogens (primary N) is 1. The summed E-state index contributed by atoms with van der Waals surface area (Å²) in [5, 5.41) is 0. The van der Waals surface area contributed by atoms with Gasteiger partial charge in [-0.2, -0.15) is 0 Å². The van der Waals surface area contributed by atoms with Crippen molar-refractivity contribution in [2.75, 3.05) is 39.8 Å². The minimum atomic E-state index is 0.269. The third-order valence-corrected chi connectivity index (χ3v) is 4.46. The van der Waals surface area contributed by atoms with Crippen molar-refractivity contribution >= 4 is 0 Å². The van der Waals surface area contributed by atoms with E-state index in [1.54, 1.807) is 0 Å². The fourth-order valence-electron chi connectivity index (χ4n) is 2.82. The van der Waals surface area contributed by atoms with Gasteiger partial charge in [-0.15, -0.1) is 0 Å². The monoisotopic (exact) mass is 291 g/mol. The lowest BCUT2D eigenvalue weighted by Crippen LogP contribution is -2.57. The molecule has 21 heavy (non-hydrogen) atoms. The molecule has 118 valence electrons. The summed E-state index contributed by atoms with van der Waals surface area (Å²) in [5.41, 5.74) is 7.07. The van der Waals surface area contributed by atoms with E-state index in [9.17, 15) is 0 Å². The van der Waals surface area contributed by atoms with Crippen molar-refractivity contribution in [3.63, 3.8) is 0 Å². The van der Waals surface area contributed by atoms with Crippen molar-refractivity contribution in [3.8, 4) is 5.75 Å². The molecule has 0 spiro atoms. The van der Waals surface area contributed by atoms with Crippen molar-refractivity contribution in [1.29, 1.82) is 0 Å². The van der Waals surface area contributed by atoms with Gasteiger partial charge in [0.25, 0.3) is 0 Å². The average molecular weight is 291 g/mol. The topological polar surface area (TPSA) is 41.7 Å². The molecule has 0 atom stereocenters. The molecule has 0 unspecified atom stereocenters. The Balaban J connectivity index is 1.73. The van der Waals surface area contributed by atoms with Crippen LogP contribution in [0, 0.1) is 0 Å². The molecule has 2 N–H and O–H groups in total. The van der Waals surface area contributed by atoms with Gasteiger partial charge in [0.05, 0.1) is 6.61 Å². The highest BCUT2D eigenvalue weighted by Gasteiger charge is 2.30. The summed E-state index contributed by atoms with van der Waals surface area (Å²) < 4.78 is 5.88. The van der Waals surface area contributed by atoms with Gasteiger partial charge in [0.2, 0.25) is 0 Å². The van der Waals surface area contributed by atoms with E-state index in [0.717, 1.165) is 50.5 Å². The number of hydrogen-bond acceptors (Lipinski definition) is 4. The Bertz CT molecular complexity index is 447. The number of benzene rings is 1. The molecular formula is C17H29N3O. The highest BCUT2D eigenvalue weighted by atomic mass is 16.5. The molecule has 2 rings (SSSR count). The van der Waals surface area contributed by atoms with Gasteiger partial charge in [0.1, 0.15) is 5.75 Å². The van der Waals surface area contributed by atoms with Crippen molar-refractivity contribution in [2.24, 2.45) is 5.73 Å². The number of likely N-dealkylation sites (N-methyl/N-ethyl adjacent to an activating group) is 1. The Kier molecular flexibility index (Phi) is 5.62. The van der Waals surface area contributed by atoms with E-state index in [1.807, 2.05) is 24.3 Å². The Labute approximate surface area is 128 Å². The maximum absolute atomic E-state index is 5.88.